The Morgan fingerprint density at radius 3 is 2.74 bits per heavy atom. The average molecular weight is 398 g/mol. The first-order chi connectivity index (χ1) is 8.84. The summed E-state index contributed by atoms with van der Waals surface area (Å²) in [6.45, 7) is 0. The van der Waals surface area contributed by atoms with Gasteiger partial charge in [-0.2, -0.15) is 0 Å². The van der Waals surface area contributed by atoms with Crippen LogP contribution in [0.4, 0.5) is 5.69 Å². The van der Waals surface area contributed by atoms with Gasteiger partial charge in [-0.05, 0) is 24.1 Å². The number of sulfonamides is 1. The van der Waals surface area contributed by atoms with E-state index in [4.69, 9.17) is 10.8 Å². The minimum Gasteiger partial charge on any atom is -0.480 e. The van der Waals surface area contributed by atoms with Crippen LogP contribution in [0.2, 0.25) is 0 Å². The number of rotatable bonds is 7. The second kappa shape index (κ2) is 7.06. The Labute approximate surface area is 125 Å². The lowest BCUT2D eigenvalue weighted by Crippen LogP contribution is -2.32. The van der Waals surface area contributed by atoms with Gasteiger partial charge in [0.15, 0.2) is 0 Å². The maximum Gasteiger partial charge on any atom is 0.320 e. The Balaban J connectivity index is 2.80. The van der Waals surface area contributed by atoms with E-state index in [0.717, 1.165) is 0 Å². The Hall–Kier alpha value is -0.870. The number of nitrogens with one attached hydrogen (secondary N) is 1. The lowest BCUT2D eigenvalue weighted by atomic mass is 10.1. The summed E-state index contributed by atoms with van der Waals surface area (Å²) in [5.74, 6) is -1.05. The molecule has 0 amide bonds. The van der Waals surface area contributed by atoms with E-state index in [1.165, 1.54) is 0 Å². The summed E-state index contributed by atoms with van der Waals surface area (Å²) < 4.78 is 26.2. The smallest absolute Gasteiger partial charge is 0.320 e. The molecule has 1 aromatic carbocycles. The number of carboxylic acids is 1. The Bertz CT molecular complexity index is 547. The maximum atomic E-state index is 11.6. The molecule has 4 N–H and O–H groups in total. The molecular formula is C11H15IN2O4S. The third kappa shape index (κ3) is 5.74. The molecule has 8 heteroatoms. The lowest BCUT2D eigenvalue weighted by Gasteiger charge is -2.10. The van der Waals surface area contributed by atoms with Gasteiger partial charge in [0.05, 0.1) is 5.75 Å². The van der Waals surface area contributed by atoms with Crippen molar-refractivity contribution in [1.29, 1.82) is 0 Å². The topological polar surface area (TPSA) is 109 Å². The summed E-state index contributed by atoms with van der Waals surface area (Å²) >= 11 is 1.98. The van der Waals surface area contributed by atoms with E-state index in [2.05, 4.69) is 4.72 Å². The van der Waals surface area contributed by atoms with E-state index >= 15 is 0 Å². The summed E-state index contributed by atoms with van der Waals surface area (Å²) in [5, 5.41) is 8.73. The fourth-order valence-corrected chi connectivity index (χ4v) is 3.97. The zero-order valence-electron chi connectivity index (χ0n) is 10.0. The molecule has 0 fully saturated rings. The van der Waals surface area contributed by atoms with Crippen LogP contribution in [0.5, 0.6) is 0 Å². The molecule has 1 rings (SSSR count). The number of nitrogens with two attached hydrogens (primary N) is 1. The van der Waals surface area contributed by atoms with E-state index in [-0.39, 0.29) is 12.2 Å². The van der Waals surface area contributed by atoms with E-state index in [9.17, 15) is 13.2 Å². The van der Waals surface area contributed by atoms with Crippen molar-refractivity contribution in [2.45, 2.75) is 12.5 Å². The molecule has 0 saturated heterocycles. The van der Waals surface area contributed by atoms with Gasteiger partial charge in [-0.3, -0.25) is 9.52 Å². The predicted molar refractivity (Wildman–Crippen MR) is 82.1 cm³/mol. The predicted octanol–water partition coefficient (Wildman–Crippen LogP) is 0.818. The van der Waals surface area contributed by atoms with Crippen LogP contribution >= 0.6 is 22.6 Å². The van der Waals surface area contributed by atoms with Crippen molar-refractivity contribution < 1.29 is 18.3 Å². The summed E-state index contributed by atoms with van der Waals surface area (Å²) in [6, 6.07) is 5.57. The van der Waals surface area contributed by atoms with Crippen LogP contribution in [0.15, 0.2) is 24.3 Å². The van der Waals surface area contributed by atoms with Crippen molar-refractivity contribution in [3.8, 4) is 0 Å². The molecule has 0 saturated carbocycles. The van der Waals surface area contributed by atoms with Crippen molar-refractivity contribution in [2.24, 2.45) is 5.73 Å². The molecule has 0 heterocycles. The highest BCUT2D eigenvalue weighted by Gasteiger charge is 2.13. The van der Waals surface area contributed by atoms with Gasteiger partial charge in [0.25, 0.3) is 0 Å². The van der Waals surface area contributed by atoms with Crippen molar-refractivity contribution in [1.82, 2.24) is 0 Å². The van der Waals surface area contributed by atoms with E-state index in [1.54, 1.807) is 24.3 Å². The number of hydrogen-bond donors (Lipinski definition) is 3. The molecule has 0 aliphatic rings. The van der Waals surface area contributed by atoms with Crippen molar-refractivity contribution in [3.63, 3.8) is 0 Å². The maximum absolute atomic E-state index is 11.6. The molecule has 0 aromatic heterocycles. The molecule has 0 spiro atoms. The third-order valence-corrected chi connectivity index (χ3v) is 4.88. The zero-order chi connectivity index (χ0) is 14.5. The Morgan fingerprint density at radius 1 is 1.47 bits per heavy atom. The minimum atomic E-state index is -3.35. The monoisotopic (exact) mass is 398 g/mol. The number of carbonyl (C=O) groups is 1. The third-order valence-electron chi connectivity index (χ3n) is 2.32. The van der Waals surface area contributed by atoms with Gasteiger partial charge < -0.3 is 10.8 Å². The highest BCUT2D eigenvalue weighted by molar-refractivity contribution is 14.1. The molecule has 6 nitrogen and oxygen atoms in total. The Kier molecular flexibility index (Phi) is 6.01. The first kappa shape index (κ1) is 16.2. The van der Waals surface area contributed by atoms with Crippen LogP contribution in [0.25, 0.3) is 0 Å². The highest BCUT2D eigenvalue weighted by Crippen LogP contribution is 2.14. The van der Waals surface area contributed by atoms with Crippen LogP contribution in [0.1, 0.15) is 5.56 Å². The van der Waals surface area contributed by atoms with Gasteiger partial charge in [-0.25, -0.2) is 8.42 Å². The van der Waals surface area contributed by atoms with Crippen LogP contribution in [0.3, 0.4) is 0 Å². The molecule has 0 unspecified atom stereocenters. The van der Waals surface area contributed by atoms with Gasteiger partial charge >= 0.3 is 5.97 Å². The fourth-order valence-electron chi connectivity index (χ4n) is 1.44. The van der Waals surface area contributed by atoms with Gasteiger partial charge in [0.1, 0.15) is 6.04 Å². The van der Waals surface area contributed by atoms with Crippen LogP contribution in [-0.2, 0) is 21.2 Å². The molecule has 0 aliphatic heterocycles. The SMILES string of the molecule is N[C@@H](Cc1cccc(NS(=O)(=O)CCI)c1)C(=O)O. The molecule has 19 heavy (non-hydrogen) atoms. The van der Waals surface area contributed by atoms with Gasteiger partial charge in [0.2, 0.25) is 10.0 Å². The first-order valence-corrected chi connectivity index (χ1v) is 8.65. The van der Waals surface area contributed by atoms with Crippen molar-refractivity contribution in [3.05, 3.63) is 29.8 Å². The zero-order valence-corrected chi connectivity index (χ0v) is 13.0. The van der Waals surface area contributed by atoms with Gasteiger partial charge in [-0.1, -0.05) is 34.7 Å². The molecule has 1 atom stereocenters. The summed E-state index contributed by atoms with van der Waals surface area (Å²) in [4.78, 5) is 10.7. The summed E-state index contributed by atoms with van der Waals surface area (Å²) in [5.41, 5.74) is 6.52. The highest BCUT2D eigenvalue weighted by atomic mass is 127. The van der Waals surface area contributed by atoms with Gasteiger partial charge in [-0.15, -0.1) is 0 Å². The van der Waals surface area contributed by atoms with Crippen LogP contribution in [0, 0.1) is 0 Å². The van der Waals surface area contributed by atoms with E-state index in [1.807, 2.05) is 22.6 Å². The molecule has 0 bridgehead atoms. The number of carboxylic acid groups (broad SMARTS) is 1. The Morgan fingerprint density at radius 2 is 2.16 bits per heavy atom. The lowest BCUT2D eigenvalue weighted by molar-refractivity contribution is -0.138. The second-order valence-corrected chi connectivity index (χ2v) is 6.88. The quantitative estimate of drug-likeness (QED) is 0.466. The second-order valence-electron chi connectivity index (χ2n) is 3.96. The number of halogens is 1. The minimum absolute atomic E-state index is 0.0342. The normalized spacial score (nSPS) is 12.9. The van der Waals surface area contributed by atoms with Crippen LogP contribution in [-0.4, -0.2) is 35.7 Å². The number of hydrogen-bond acceptors (Lipinski definition) is 4. The van der Waals surface area contributed by atoms with Gasteiger partial charge in [0, 0.05) is 10.1 Å². The summed E-state index contributed by atoms with van der Waals surface area (Å²) in [7, 11) is -3.35. The number of anilines is 1. The molecule has 0 aliphatic carbocycles. The standard InChI is InChI=1S/C11H15IN2O4S/c12-4-5-19(17,18)14-9-3-1-2-8(6-9)7-10(13)11(15)16/h1-3,6,10,14H,4-5,7,13H2,(H,15,16)/t10-/m0/s1. The molecular weight excluding hydrogens is 383 g/mol. The molecule has 106 valence electrons. The van der Waals surface area contributed by atoms with E-state index in [0.29, 0.717) is 15.7 Å². The van der Waals surface area contributed by atoms with E-state index < -0.39 is 22.0 Å². The number of alkyl halides is 1. The number of benzene rings is 1. The summed E-state index contributed by atoms with van der Waals surface area (Å²) in [6.07, 6.45) is 0.150. The molecule has 1 aromatic rings. The van der Waals surface area contributed by atoms with Crippen molar-refractivity contribution in [2.75, 3.05) is 14.9 Å². The number of aliphatic carboxylic acids is 1. The fraction of sp³-hybridized carbons (Fsp3) is 0.364. The van der Waals surface area contributed by atoms with Crippen LogP contribution < -0.4 is 10.5 Å². The first-order valence-electron chi connectivity index (χ1n) is 5.48. The average Bonchev–Trinajstić information content (AvgIpc) is 2.28. The van der Waals surface area contributed by atoms with Crippen molar-refractivity contribution >= 4 is 44.3 Å². The largest absolute Gasteiger partial charge is 0.480 e. The molecule has 0 radical (unpaired) electrons.